The summed E-state index contributed by atoms with van der Waals surface area (Å²) in [6.07, 6.45) is 2.40. The van der Waals surface area contributed by atoms with E-state index in [4.69, 9.17) is 16.0 Å². The smallest absolute Gasteiger partial charge is 0.269 e. The molecule has 0 fully saturated rings. The lowest BCUT2D eigenvalue weighted by atomic mass is 10.1. The lowest BCUT2D eigenvalue weighted by molar-refractivity contribution is 0.518. The maximum atomic E-state index is 14.9. The monoisotopic (exact) mass is 448 g/mol. The van der Waals surface area contributed by atoms with E-state index in [2.05, 4.69) is 15.3 Å². The summed E-state index contributed by atoms with van der Waals surface area (Å²) in [5.41, 5.74) is 1.91. The minimum absolute atomic E-state index is 0.0723. The number of hydrogen-bond acceptors (Lipinski definition) is 6. The first-order valence-electron chi connectivity index (χ1n) is 9.02. The Morgan fingerprint density at radius 3 is 2.53 bits per heavy atom. The zero-order chi connectivity index (χ0) is 21.6. The Morgan fingerprint density at radius 2 is 1.90 bits per heavy atom. The summed E-state index contributed by atoms with van der Waals surface area (Å²) in [6, 6.07) is 6.98. The number of fused-ring (bicyclic) bond motifs is 1. The van der Waals surface area contributed by atoms with E-state index in [0.29, 0.717) is 16.9 Å². The summed E-state index contributed by atoms with van der Waals surface area (Å²) in [7, 11) is -4.13. The molecular formula is C20H18ClFN4O3S. The van der Waals surface area contributed by atoms with Gasteiger partial charge in [0.15, 0.2) is 11.5 Å². The Balaban J connectivity index is 1.89. The summed E-state index contributed by atoms with van der Waals surface area (Å²) >= 11 is 6.03. The molecule has 0 aliphatic heterocycles. The first-order valence-corrected chi connectivity index (χ1v) is 10.8. The predicted octanol–water partition coefficient (Wildman–Crippen LogP) is 4.59. The molecule has 0 radical (unpaired) electrons. The second-order valence-corrected chi connectivity index (χ2v) is 9.07. The number of benzene rings is 1. The molecule has 0 aliphatic rings. The van der Waals surface area contributed by atoms with E-state index < -0.39 is 15.8 Å². The van der Waals surface area contributed by atoms with Crippen molar-refractivity contribution in [3.8, 4) is 0 Å². The highest BCUT2D eigenvalue weighted by Crippen LogP contribution is 2.32. The van der Waals surface area contributed by atoms with Gasteiger partial charge >= 0.3 is 0 Å². The fourth-order valence-electron chi connectivity index (χ4n) is 3.60. The van der Waals surface area contributed by atoms with Crippen molar-refractivity contribution in [2.45, 2.75) is 32.2 Å². The third-order valence-corrected chi connectivity index (χ3v) is 6.80. The number of nitrogens with one attached hydrogen (secondary N) is 1. The number of halogens is 2. The molecule has 1 aromatic carbocycles. The van der Waals surface area contributed by atoms with Gasteiger partial charge in [-0.1, -0.05) is 17.7 Å². The molecule has 0 aliphatic carbocycles. The summed E-state index contributed by atoms with van der Waals surface area (Å²) in [5, 5.41) is 2.65. The molecule has 3 heterocycles. The number of anilines is 1. The zero-order valence-corrected chi connectivity index (χ0v) is 18.0. The average molecular weight is 449 g/mol. The maximum Gasteiger partial charge on any atom is 0.269 e. The van der Waals surface area contributed by atoms with Crippen LogP contribution in [0.15, 0.2) is 46.0 Å². The molecule has 1 N–H and O–H groups in total. The second-order valence-electron chi connectivity index (χ2n) is 6.98. The number of furan rings is 1. The molecule has 4 rings (SSSR count). The van der Waals surface area contributed by atoms with E-state index in [0.717, 1.165) is 15.7 Å². The van der Waals surface area contributed by atoms with Gasteiger partial charge in [-0.3, -0.25) is 0 Å². The minimum Gasteiger partial charge on any atom is -0.467 e. The first-order chi connectivity index (χ1) is 14.2. The van der Waals surface area contributed by atoms with Gasteiger partial charge in [0, 0.05) is 0 Å². The highest BCUT2D eigenvalue weighted by molar-refractivity contribution is 7.90. The lowest BCUT2D eigenvalue weighted by Crippen LogP contribution is -2.16. The van der Waals surface area contributed by atoms with Gasteiger partial charge in [0.1, 0.15) is 11.6 Å². The normalized spacial score (nSPS) is 11.9. The van der Waals surface area contributed by atoms with Crippen LogP contribution in [0.25, 0.3) is 11.0 Å². The van der Waals surface area contributed by atoms with Crippen molar-refractivity contribution in [3.63, 3.8) is 0 Å². The van der Waals surface area contributed by atoms with E-state index in [1.54, 1.807) is 38.1 Å². The largest absolute Gasteiger partial charge is 0.467 e. The molecular weight excluding hydrogens is 431 g/mol. The molecule has 7 nitrogen and oxygen atoms in total. The van der Waals surface area contributed by atoms with Crippen LogP contribution in [0.5, 0.6) is 0 Å². The van der Waals surface area contributed by atoms with Crippen LogP contribution in [-0.4, -0.2) is 22.4 Å². The molecule has 4 aromatic rings. The molecule has 10 heteroatoms. The van der Waals surface area contributed by atoms with E-state index in [1.165, 1.54) is 6.26 Å². The Hall–Kier alpha value is -2.91. The summed E-state index contributed by atoms with van der Waals surface area (Å²) in [5.74, 6) is -0.115. The SMILES string of the molecule is Cc1cc(C)c(S(=O)(=O)n2cc(F)c3c(NCc4ccco4)nc(Cl)nc32)c(C)c1. The maximum absolute atomic E-state index is 14.9. The third kappa shape index (κ3) is 3.44. The van der Waals surface area contributed by atoms with Crippen molar-refractivity contribution >= 4 is 38.5 Å². The molecule has 0 atom stereocenters. The van der Waals surface area contributed by atoms with Crippen molar-refractivity contribution < 1.29 is 17.2 Å². The molecule has 0 amide bonds. The van der Waals surface area contributed by atoms with E-state index in [1.807, 2.05) is 6.92 Å². The van der Waals surface area contributed by atoms with Crippen molar-refractivity contribution in [1.29, 1.82) is 0 Å². The zero-order valence-electron chi connectivity index (χ0n) is 16.4. The van der Waals surface area contributed by atoms with Crippen LogP contribution in [0.2, 0.25) is 5.28 Å². The first kappa shape index (κ1) is 20.4. The van der Waals surface area contributed by atoms with Crippen molar-refractivity contribution in [2.75, 3.05) is 5.32 Å². The lowest BCUT2D eigenvalue weighted by Gasteiger charge is -2.13. The summed E-state index contributed by atoms with van der Waals surface area (Å²) < 4.78 is 47.8. The topological polar surface area (TPSA) is 90.0 Å². The minimum atomic E-state index is -4.13. The van der Waals surface area contributed by atoms with E-state index >= 15 is 0 Å². The van der Waals surface area contributed by atoms with Crippen molar-refractivity contribution in [1.82, 2.24) is 13.9 Å². The number of rotatable bonds is 5. The number of nitrogens with zero attached hydrogens (tertiary/aromatic N) is 3. The summed E-state index contributed by atoms with van der Waals surface area (Å²) in [6.45, 7) is 5.49. The molecule has 3 aromatic heterocycles. The van der Waals surface area contributed by atoms with E-state index in [9.17, 15) is 12.8 Å². The second kappa shape index (κ2) is 7.41. The predicted molar refractivity (Wildman–Crippen MR) is 112 cm³/mol. The Kier molecular flexibility index (Phi) is 5.03. The van der Waals surface area contributed by atoms with Gasteiger partial charge in [0.2, 0.25) is 5.28 Å². The molecule has 0 saturated carbocycles. The summed E-state index contributed by atoms with van der Waals surface area (Å²) in [4.78, 5) is 8.14. The standard InChI is InChI=1S/C20H18ClFN4O3S/c1-11-7-12(2)17(13(3)8-11)30(27,28)26-10-15(22)16-18(24-20(21)25-19(16)26)23-9-14-5-4-6-29-14/h4-8,10H,9H2,1-3H3,(H,23,24,25). The highest BCUT2D eigenvalue weighted by Gasteiger charge is 2.28. The Labute approximate surface area is 177 Å². The molecule has 30 heavy (non-hydrogen) atoms. The number of hydrogen-bond donors (Lipinski definition) is 1. The molecule has 156 valence electrons. The fraction of sp³-hybridized carbons (Fsp3) is 0.200. The van der Waals surface area contributed by atoms with E-state index in [-0.39, 0.29) is 33.6 Å². The van der Waals surface area contributed by atoms with Gasteiger partial charge in [-0.05, 0) is 55.6 Å². The van der Waals surface area contributed by atoms with Gasteiger partial charge in [-0.25, -0.2) is 16.8 Å². The van der Waals surface area contributed by atoms with Crippen molar-refractivity contribution in [3.05, 3.63) is 70.3 Å². The van der Waals surface area contributed by atoms with Gasteiger partial charge in [-0.2, -0.15) is 9.97 Å². The molecule has 0 spiro atoms. The Morgan fingerprint density at radius 1 is 1.20 bits per heavy atom. The van der Waals surface area contributed by atoms with Crippen molar-refractivity contribution in [2.24, 2.45) is 0 Å². The van der Waals surface area contributed by atoms with Gasteiger partial charge in [0.25, 0.3) is 10.0 Å². The van der Waals surface area contributed by atoms with Crippen LogP contribution in [0.4, 0.5) is 10.2 Å². The fourth-order valence-corrected chi connectivity index (χ4v) is 5.48. The third-order valence-electron chi connectivity index (χ3n) is 4.67. The average Bonchev–Trinajstić information content (AvgIpc) is 3.26. The number of aryl methyl sites for hydroxylation is 3. The quantitative estimate of drug-likeness (QED) is 0.449. The van der Waals surface area contributed by atoms with Gasteiger partial charge in [0.05, 0.1) is 29.3 Å². The number of aromatic nitrogens is 3. The van der Waals surface area contributed by atoms with Crippen LogP contribution in [-0.2, 0) is 16.6 Å². The molecule has 0 bridgehead atoms. The highest BCUT2D eigenvalue weighted by atomic mass is 35.5. The molecule has 0 unspecified atom stereocenters. The Bertz CT molecular complexity index is 1340. The van der Waals surface area contributed by atoms with Crippen LogP contribution in [0.1, 0.15) is 22.5 Å². The van der Waals surface area contributed by atoms with Crippen LogP contribution in [0, 0.1) is 26.6 Å². The van der Waals surface area contributed by atoms with Crippen LogP contribution < -0.4 is 5.32 Å². The van der Waals surface area contributed by atoms with Crippen LogP contribution in [0.3, 0.4) is 0 Å². The van der Waals surface area contributed by atoms with Crippen LogP contribution >= 0.6 is 11.6 Å². The van der Waals surface area contributed by atoms with Gasteiger partial charge in [-0.15, -0.1) is 0 Å². The van der Waals surface area contributed by atoms with Gasteiger partial charge < -0.3 is 9.73 Å². The molecule has 0 saturated heterocycles.